The molecule has 5 heteroatoms. The summed E-state index contributed by atoms with van der Waals surface area (Å²) in [6, 6.07) is 6.02. The minimum absolute atomic E-state index is 0. The topological polar surface area (TPSA) is 35.5 Å². The average molecular weight is 308 g/mol. The summed E-state index contributed by atoms with van der Waals surface area (Å²) in [5.74, 6) is 0.327. The highest BCUT2D eigenvalue weighted by molar-refractivity contribution is 9.10. The van der Waals surface area contributed by atoms with Gasteiger partial charge in [-0.05, 0) is 30.8 Å². The van der Waals surface area contributed by atoms with Crippen LogP contribution in [0.2, 0.25) is 0 Å². The number of phenols is 1. The second-order valence-corrected chi connectivity index (χ2v) is 4.86. The minimum Gasteiger partial charge on any atom is -0.508 e. The van der Waals surface area contributed by atoms with Gasteiger partial charge in [-0.2, -0.15) is 0 Å². The maximum Gasteiger partial charge on any atom is 0.115 e. The smallest absolute Gasteiger partial charge is 0.115 e. The van der Waals surface area contributed by atoms with E-state index in [2.05, 4.69) is 33.2 Å². The summed E-state index contributed by atoms with van der Waals surface area (Å²) in [7, 11) is 2.11. The van der Waals surface area contributed by atoms with Gasteiger partial charge in [-0.15, -0.1) is 12.4 Å². The predicted octanol–water partition coefficient (Wildman–Crippen LogP) is 1.98. The van der Waals surface area contributed by atoms with Crippen molar-refractivity contribution in [2.24, 2.45) is 0 Å². The first-order chi connectivity index (χ1) is 7.16. The fourth-order valence-electron chi connectivity index (χ4n) is 1.67. The van der Waals surface area contributed by atoms with Crippen molar-refractivity contribution < 1.29 is 5.11 Å². The van der Waals surface area contributed by atoms with Crippen LogP contribution in [-0.2, 0) is 6.54 Å². The molecule has 3 nitrogen and oxygen atoms in total. The molecule has 1 aromatic carbocycles. The van der Waals surface area contributed by atoms with Gasteiger partial charge in [-0.25, -0.2) is 0 Å². The van der Waals surface area contributed by atoms with Crippen molar-refractivity contribution in [1.82, 2.24) is 10.2 Å². The van der Waals surface area contributed by atoms with Crippen molar-refractivity contribution in [3.63, 3.8) is 0 Å². The van der Waals surface area contributed by atoms with E-state index in [1.165, 1.54) is 0 Å². The average Bonchev–Trinajstić information content (AvgIpc) is 2.08. The van der Waals surface area contributed by atoms with Gasteiger partial charge in [-0.3, -0.25) is 4.90 Å². The molecule has 16 heavy (non-hydrogen) atoms. The summed E-state index contributed by atoms with van der Waals surface area (Å²) in [4.78, 5) is 2.30. The number of nitrogens with one attached hydrogen (secondary N) is 1. The zero-order valence-electron chi connectivity index (χ0n) is 9.11. The second kappa shape index (κ2) is 5.87. The van der Waals surface area contributed by atoms with Crippen LogP contribution in [0.5, 0.6) is 5.75 Å². The Hall–Kier alpha value is -0.290. The van der Waals surface area contributed by atoms with Crippen LogP contribution in [-0.4, -0.2) is 36.2 Å². The quantitative estimate of drug-likeness (QED) is 0.896. The fourth-order valence-corrected chi connectivity index (χ4v) is 2.04. The molecule has 1 aromatic rings. The van der Waals surface area contributed by atoms with E-state index in [-0.39, 0.29) is 12.4 Å². The highest BCUT2D eigenvalue weighted by Crippen LogP contribution is 2.23. The van der Waals surface area contributed by atoms with Crippen LogP contribution in [0.3, 0.4) is 0 Å². The molecule has 0 atom stereocenters. The Morgan fingerprint density at radius 1 is 1.50 bits per heavy atom. The molecule has 0 saturated carbocycles. The number of nitrogens with zero attached hydrogens (tertiary/aromatic N) is 1. The van der Waals surface area contributed by atoms with Crippen molar-refractivity contribution in [2.45, 2.75) is 12.6 Å². The molecule has 2 N–H and O–H groups in total. The van der Waals surface area contributed by atoms with Crippen LogP contribution in [0.1, 0.15) is 5.56 Å². The monoisotopic (exact) mass is 306 g/mol. The molecule has 2 rings (SSSR count). The maximum atomic E-state index is 9.41. The van der Waals surface area contributed by atoms with Gasteiger partial charge in [0, 0.05) is 30.1 Å². The first-order valence-electron chi connectivity index (χ1n) is 5.05. The van der Waals surface area contributed by atoms with E-state index >= 15 is 0 Å². The number of phenolic OH excluding ortho intramolecular Hbond substituents is 1. The van der Waals surface area contributed by atoms with Crippen molar-refractivity contribution in [1.29, 1.82) is 0 Å². The van der Waals surface area contributed by atoms with Crippen molar-refractivity contribution in [3.8, 4) is 5.75 Å². The van der Waals surface area contributed by atoms with Gasteiger partial charge in [-0.1, -0.05) is 15.9 Å². The van der Waals surface area contributed by atoms with Gasteiger partial charge in [0.2, 0.25) is 0 Å². The Morgan fingerprint density at radius 3 is 2.75 bits per heavy atom. The lowest BCUT2D eigenvalue weighted by Crippen LogP contribution is -2.55. The van der Waals surface area contributed by atoms with Crippen LogP contribution < -0.4 is 5.32 Å². The highest BCUT2D eigenvalue weighted by Gasteiger charge is 2.21. The van der Waals surface area contributed by atoms with Gasteiger partial charge in [0.05, 0.1) is 0 Å². The molecule has 1 saturated heterocycles. The molecule has 1 fully saturated rings. The summed E-state index contributed by atoms with van der Waals surface area (Å²) >= 11 is 3.49. The number of hydrogen-bond acceptors (Lipinski definition) is 3. The molecule has 0 aliphatic carbocycles. The van der Waals surface area contributed by atoms with Crippen molar-refractivity contribution >= 4 is 28.3 Å². The van der Waals surface area contributed by atoms with Crippen LogP contribution in [0.25, 0.3) is 0 Å². The van der Waals surface area contributed by atoms with E-state index in [9.17, 15) is 5.11 Å². The summed E-state index contributed by atoms with van der Waals surface area (Å²) in [5.41, 5.74) is 1.13. The zero-order valence-corrected chi connectivity index (χ0v) is 11.5. The van der Waals surface area contributed by atoms with Crippen molar-refractivity contribution in [2.75, 3.05) is 20.1 Å². The highest BCUT2D eigenvalue weighted by atomic mass is 79.9. The minimum atomic E-state index is 0. The molecule has 1 heterocycles. The second-order valence-electron chi connectivity index (χ2n) is 4.00. The number of benzene rings is 1. The van der Waals surface area contributed by atoms with Crippen molar-refractivity contribution in [3.05, 3.63) is 28.2 Å². The summed E-state index contributed by atoms with van der Waals surface area (Å²) in [6.07, 6.45) is 0. The van der Waals surface area contributed by atoms with E-state index < -0.39 is 0 Å². The summed E-state index contributed by atoms with van der Waals surface area (Å²) in [5, 5.41) is 12.7. The van der Waals surface area contributed by atoms with E-state index in [0.717, 1.165) is 29.7 Å². The molecular weight excluding hydrogens is 291 g/mol. The Balaban J connectivity index is 0.00000128. The Labute approximate surface area is 110 Å². The Bertz CT molecular complexity index is 358. The number of halogens is 2. The molecule has 0 radical (unpaired) electrons. The molecule has 0 spiro atoms. The van der Waals surface area contributed by atoms with Crippen LogP contribution in [0.15, 0.2) is 22.7 Å². The van der Waals surface area contributed by atoms with Crippen LogP contribution in [0, 0.1) is 0 Å². The Kier molecular flexibility index (Phi) is 5.05. The molecule has 0 amide bonds. The van der Waals surface area contributed by atoms with Crippen LogP contribution in [0.4, 0.5) is 0 Å². The summed E-state index contributed by atoms with van der Waals surface area (Å²) in [6.45, 7) is 2.99. The third-order valence-electron chi connectivity index (χ3n) is 2.83. The molecule has 90 valence electrons. The Morgan fingerprint density at radius 2 is 2.19 bits per heavy atom. The predicted molar refractivity (Wildman–Crippen MR) is 71.2 cm³/mol. The van der Waals surface area contributed by atoms with Gasteiger partial charge < -0.3 is 10.4 Å². The van der Waals surface area contributed by atoms with Gasteiger partial charge in [0.25, 0.3) is 0 Å². The first kappa shape index (κ1) is 13.8. The third-order valence-corrected chi connectivity index (χ3v) is 3.61. The van der Waals surface area contributed by atoms with Gasteiger partial charge in [0.1, 0.15) is 5.75 Å². The normalized spacial score (nSPS) is 15.7. The molecule has 0 bridgehead atoms. The molecule has 1 aliphatic rings. The molecule has 1 aliphatic heterocycles. The number of rotatable bonds is 3. The third kappa shape index (κ3) is 3.10. The number of aromatic hydroxyl groups is 1. The molecule has 0 unspecified atom stereocenters. The number of likely N-dealkylation sites (N-methyl/N-ethyl adjacent to an activating group) is 1. The first-order valence-corrected chi connectivity index (χ1v) is 5.84. The van der Waals surface area contributed by atoms with Crippen LogP contribution >= 0.6 is 28.3 Å². The van der Waals surface area contributed by atoms with Gasteiger partial charge in [0.15, 0.2) is 0 Å². The SMILES string of the molecule is CN(Cc1cc(O)ccc1Br)C1CNC1.Cl. The van der Waals surface area contributed by atoms with Gasteiger partial charge >= 0.3 is 0 Å². The lowest BCUT2D eigenvalue weighted by molar-refractivity contribution is 0.172. The molecular formula is C11H16BrClN2O. The largest absolute Gasteiger partial charge is 0.508 e. The number of hydrogen-bond donors (Lipinski definition) is 2. The van der Waals surface area contributed by atoms with E-state index in [0.29, 0.717) is 11.8 Å². The zero-order chi connectivity index (χ0) is 10.8. The lowest BCUT2D eigenvalue weighted by Gasteiger charge is -2.35. The fraction of sp³-hybridized carbons (Fsp3) is 0.455. The maximum absolute atomic E-state index is 9.41. The van der Waals surface area contributed by atoms with E-state index in [4.69, 9.17) is 0 Å². The van der Waals surface area contributed by atoms with E-state index in [1.807, 2.05) is 12.1 Å². The molecule has 0 aromatic heterocycles. The standard InChI is InChI=1S/C11H15BrN2O.ClH/c1-14(9-5-13-6-9)7-8-4-10(15)2-3-11(8)12;/h2-4,9,13,15H,5-7H2,1H3;1H. The lowest BCUT2D eigenvalue weighted by atomic mass is 10.1. The summed E-state index contributed by atoms with van der Waals surface area (Å²) < 4.78 is 1.06. The van der Waals surface area contributed by atoms with E-state index in [1.54, 1.807) is 6.07 Å².